The van der Waals surface area contributed by atoms with Crippen LogP contribution in [0.5, 0.6) is 0 Å². The van der Waals surface area contributed by atoms with Crippen LogP contribution in [0.2, 0.25) is 0 Å². The minimum atomic E-state index is -3.95. The summed E-state index contributed by atoms with van der Waals surface area (Å²) in [5.41, 5.74) is 2.60. The predicted octanol–water partition coefficient (Wildman–Crippen LogP) is 4.40. The molecule has 4 heterocycles. The Balaban J connectivity index is 1.43. The first-order valence-corrected chi connectivity index (χ1v) is 14.0. The second-order valence-electron chi connectivity index (χ2n) is 9.75. The largest absolute Gasteiger partial charge is 0.367 e. The third kappa shape index (κ3) is 3.88. The highest BCUT2D eigenvalue weighted by atomic mass is 32.2. The number of rotatable bonds is 6. The third-order valence-electron chi connectivity index (χ3n) is 7.47. The molecular weight excluding hydrogens is 500 g/mol. The fourth-order valence-electron chi connectivity index (χ4n) is 5.59. The lowest BCUT2D eigenvalue weighted by Gasteiger charge is -2.16. The van der Waals surface area contributed by atoms with Crippen molar-refractivity contribution >= 4 is 32.5 Å². The Morgan fingerprint density at radius 3 is 2.74 bits per heavy atom. The van der Waals surface area contributed by atoms with Crippen LogP contribution < -0.4 is 5.32 Å². The van der Waals surface area contributed by atoms with Crippen LogP contribution in [0.4, 0.5) is 5.82 Å². The van der Waals surface area contributed by atoms with Gasteiger partial charge in [0.05, 0.1) is 16.0 Å². The number of pyridine rings is 1. The number of anilines is 1. The molecule has 1 saturated carbocycles. The third-order valence-corrected chi connectivity index (χ3v) is 9.29. The van der Waals surface area contributed by atoms with E-state index in [1.54, 1.807) is 43.6 Å². The molecule has 11 heteroatoms. The van der Waals surface area contributed by atoms with Gasteiger partial charge in [0.1, 0.15) is 17.7 Å². The summed E-state index contributed by atoms with van der Waals surface area (Å²) in [6.07, 6.45) is 5.94. The molecule has 10 nitrogen and oxygen atoms in total. The highest BCUT2D eigenvalue weighted by Gasteiger charge is 2.38. The lowest BCUT2D eigenvalue weighted by Crippen LogP contribution is -2.16. The van der Waals surface area contributed by atoms with Crippen molar-refractivity contribution in [2.24, 2.45) is 5.92 Å². The van der Waals surface area contributed by atoms with E-state index in [9.17, 15) is 8.42 Å². The minimum Gasteiger partial charge on any atom is -0.367 e. The number of nitrogens with one attached hydrogen (secondary N) is 2. The molecule has 4 aromatic heterocycles. The Morgan fingerprint density at radius 2 is 2.00 bits per heavy atom. The zero-order chi connectivity index (χ0) is 26.4. The number of H-pyrrole nitrogens is 1. The number of aromatic amines is 1. The second kappa shape index (κ2) is 9.22. The van der Waals surface area contributed by atoms with E-state index in [2.05, 4.69) is 43.5 Å². The van der Waals surface area contributed by atoms with Gasteiger partial charge in [-0.05, 0) is 55.5 Å². The molecule has 1 aliphatic rings. The molecule has 1 aliphatic carbocycles. The number of hydrogen-bond acceptors (Lipinski definition) is 8. The minimum absolute atomic E-state index is 0.0559. The average molecular weight is 527 g/mol. The van der Waals surface area contributed by atoms with E-state index >= 15 is 0 Å². The molecule has 0 bridgehead atoms. The Kier molecular flexibility index (Phi) is 5.84. The molecule has 0 radical (unpaired) electrons. The highest BCUT2D eigenvalue weighted by Crippen LogP contribution is 2.43. The van der Waals surface area contributed by atoms with Gasteiger partial charge in [-0.25, -0.2) is 18.4 Å². The fourth-order valence-corrected chi connectivity index (χ4v) is 7.14. The van der Waals surface area contributed by atoms with Crippen molar-refractivity contribution in [1.29, 1.82) is 5.26 Å². The summed E-state index contributed by atoms with van der Waals surface area (Å²) in [4.78, 5) is 12.2. The van der Waals surface area contributed by atoms with Gasteiger partial charge in [-0.15, -0.1) is 10.2 Å². The number of aryl methyl sites for hydroxylation is 1. The first-order chi connectivity index (χ1) is 18.4. The van der Waals surface area contributed by atoms with Gasteiger partial charge in [-0.3, -0.25) is 4.40 Å². The smallest absolute Gasteiger partial charge is 0.228 e. The number of nitriles is 1. The molecule has 38 heavy (non-hydrogen) atoms. The molecule has 0 aliphatic heterocycles. The van der Waals surface area contributed by atoms with Gasteiger partial charge in [-0.1, -0.05) is 31.5 Å². The molecule has 192 valence electrons. The molecule has 0 amide bonds. The van der Waals surface area contributed by atoms with Crippen LogP contribution in [0.1, 0.15) is 49.1 Å². The second-order valence-corrected chi connectivity index (χ2v) is 11.6. The summed E-state index contributed by atoms with van der Waals surface area (Å²) in [5, 5.41) is 21.4. The van der Waals surface area contributed by atoms with E-state index in [1.807, 2.05) is 22.6 Å². The van der Waals surface area contributed by atoms with Crippen molar-refractivity contribution in [3.8, 4) is 6.07 Å². The maximum Gasteiger partial charge on any atom is 0.228 e. The van der Waals surface area contributed by atoms with Crippen LogP contribution in [0, 0.1) is 24.2 Å². The number of fused-ring (bicyclic) bond motifs is 3. The maximum atomic E-state index is 13.8. The van der Waals surface area contributed by atoms with Gasteiger partial charge in [0.2, 0.25) is 14.9 Å². The van der Waals surface area contributed by atoms with Gasteiger partial charge in [0.25, 0.3) is 0 Å². The number of sulfone groups is 1. The Labute approximate surface area is 219 Å². The van der Waals surface area contributed by atoms with Gasteiger partial charge >= 0.3 is 0 Å². The summed E-state index contributed by atoms with van der Waals surface area (Å²) in [7, 11) is -3.95. The quantitative estimate of drug-likeness (QED) is 0.332. The summed E-state index contributed by atoms with van der Waals surface area (Å²) < 4.78 is 29.4. The van der Waals surface area contributed by atoms with Crippen molar-refractivity contribution < 1.29 is 8.42 Å². The molecular formula is C27H26N8O2S. The molecule has 3 atom stereocenters. The highest BCUT2D eigenvalue weighted by molar-refractivity contribution is 7.91. The normalized spacial score (nSPS) is 19.7. The van der Waals surface area contributed by atoms with E-state index < -0.39 is 9.84 Å². The van der Waals surface area contributed by atoms with Crippen LogP contribution in [0.15, 0.2) is 64.8 Å². The van der Waals surface area contributed by atoms with Crippen molar-refractivity contribution in [1.82, 2.24) is 29.5 Å². The molecule has 0 unspecified atom stereocenters. The van der Waals surface area contributed by atoms with Crippen molar-refractivity contribution in [3.63, 3.8) is 0 Å². The summed E-state index contributed by atoms with van der Waals surface area (Å²) in [6.45, 7) is 3.93. The summed E-state index contributed by atoms with van der Waals surface area (Å²) in [6, 6.07) is 14.6. The average Bonchev–Trinajstić information content (AvgIpc) is 3.66. The summed E-state index contributed by atoms with van der Waals surface area (Å²) >= 11 is 0. The zero-order valence-corrected chi connectivity index (χ0v) is 21.8. The zero-order valence-electron chi connectivity index (χ0n) is 21.0. The first-order valence-electron chi connectivity index (χ1n) is 12.6. The van der Waals surface area contributed by atoms with Gasteiger partial charge in [0, 0.05) is 24.4 Å². The van der Waals surface area contributed by atoms with Crippen molar-refractivity contribution in [2.75, 3.05) is 5.32 Å². The maximum absolute atomic E-state index is 13.8. The number of aromatic nitrogens is 6. The predicted molar refractivity (Wildman–Crippen MR) is 141 cm³/mol. The molecule has 6 rings (SSSR count). The van der Waals surface area contributed by atoms with Crippen molar-refractivity contribution in [2.45, 2.75) is 55.0 Å². The van der Waals surface area contributed by atoms with Gasteiger partial charge in [0.15, 0.2) is 11.3 Å². The first kappa shape index (κ1) is 24.1. The topological polar surface area (TPSA) is 142 Å². The van der Waals surface area contributed by atoms with Gasteiger partial charge < -0.3 is 10.3 Å². The molecule has 2 N–H and O–H groups in total. The van der Waals surface area contributed by atoms with Crippen LogP contribution in [0.25, 0.3) is 16.8 Å². The lowest BCUT2D eigenvalue weighted by molar-refractivity contribution is 0.450. The Morgan fingerprint density at radius 1 is 1.16 bits per heavy atom. The van der Waals surface area contributed by atoms with Crippen LogP contribution in [0.3, 0.4) is 0 Å². The van der Waals surface area contributed by atoms with E-state index in [1.165, 1.54) is 0 Å². The Hall–Kier alpha value is -4.30. The molecule has 0 saturated heterocycles. The van der Waals surface area contributed by atoms with Gasteiger partial charge in [-0.2, -0.15) is 5.26 Å². The standard InChI is InChI=1S/C27H26N8O2S/c1-3-18-12-19(31-23-9-8-17(14-28)15-30-23)13-20(18)25-33-34-26-27(32-24-21(35(25)26)10-11-29-24)38(36,37)22-7-5-4-6-16(22)2/h4-11,15,18-20,29H,3,12-13H2,1-2H3,(H,30,31)/t18-,19+,20+/m1/s1. The molecule has 5 aromatic rings. The van der Waals surface area contributed by atoms with Crippen LogP contribution in [-0.4, -0.2) is 44.0 Å². The van der Waals surface area contributed by atoms with E-state index in [-0.39, 0.29) is 27.5 Å². The number of hydrogen-bond donors (Lipinski definition) is 2. The van der Waals surface area contributed by atoms with Crippen molar-refractivity contribution in [3.05, 3.63) is 71.8 Å². The molecule has 1 aromatic carbocycles. The van der Waals surface area contributed by atoms with E-state index in [0.29, 0.717) is 22.7 Å². The monoisotopic (exact) mass is 526 g/mol. The molecule has 1 fully saturated rings. The van der Waals surface area contributed by atoms with Crippen LogP contribution >= 0.6 is 0 Å². The summed E-state index contributed by atoms with van der Waals surface area (Å²) in [5.74, 6) is 1.83. The number of nitrogens with zero attached hydrogens (tertiary/aromatic N) is 6. The van der Waals surface area contributed by atoms with E-state index in [0.717, 1.165) is 36.4 Å². The number of benzene rings is 1. The Bertz CT molecular complexity index is 1800. The van der Waals surface area contributed by atoms with Crippen LogP contribution in [-0.2, 0) is 9.84 Å². The lowest BCUT2D eigenvalue weighted by atomic mass is 9.93. The molecule has 0 spiro atoms. The SMILES string of the molecule is CC[C@@H]1C[C@H](Nc2ccc(C#N)cn2)C[C@@H]1c1nnc2c(S(=O)(=O)c3ccccc3C)nc3[nH]ccc3n12. The van der Waals surface area contributed by atoms with E-state index in [4.69, 9.17) is 5.26 Å². The fraction of sp³-hybridized carbons (Fsp3) is 0.296.